The van der Waals surface area contributed by atoms with Gasteiger partial charge in [-0.05, 0) is 18.6 Å². The van der Waals surface area contributed by atoms with Crippen LogP contribution in [0.15, 0.2) is 18.2 Å². The van der Waals surface area contributed by atoms with Crippen molar-refractivity contribution in [2.24, 2.45) is 5.41 Å². The monoisotopic (exact) mass is 226 g/mol. The SMILES string of the molecule is CCC(C)(C)C(=O)Cc1c(F)cccc1F. The molecule has 0 aliphatic heterocycles. The molecule has 0 radical (unpaired) electrons. The molecule has 0 aliphatic rings. The number of hydrogen-bond acceptors (Lipinski definition) is 1. The largest absolute Gasteiger partial charge is 0.299 e. The standard InChI is InChI=1S/C13H16F2O/c1-4-13(2,3)12(16)8-9-10(14)6-5-7-11(9)15/h5-7H,4,8H2,1-3H3. The maximum absolute atomic E-state index is 13.3. The zero-order valence-electron chi connectivity index (χ0n) is 9.81. The van der Waals surface area contributed by atoms with Gasteiger partial charge in [-0.2, -0.15) is 0 Å². The van der Waals surface area contributed by atoms with Gasteiger partial charge in [0.1, 0.15) is 17.4 Å². The van der Waals surface area contributed by atoms with Crippen molar-refractivity contribution in [2.75, 3.05) is 0 Å². The molecule has 16 heavy (non-hydrogen) atoms. The van der Waals surface area contributed by atoms with Crippen LogP contribution in [0.3, 0.4) is 0 Å². The lowest BCUT2D eigenvalue weighted by Crippen LogP contribution is -2.25. The molecule has 3 heteroatoms. The van der Waals surface area contributed by atoms with Gasteiger partial charge in [-0.3, -0.25) is 4.79 Å². The summed E-state index contributed by atoms with van der Waals surface area (Å²) >= 11 is 0. The van der Waals surface area contributed by atoms with Gasteiger partial charge in [0.2, 0.25) is 0 Å². The Morgan fingerprint density at radius 3 is 2.19 bits per heavy atom. The summed E-state index contributed by atoms with van der Waals surface area (Å²) in [5, 5.41) is 0. The average molecular weight is 226 g/mol. The lowest BCUT2D eigenvalue weighted by molar-refractivity contribution is -0.126. The van der Waals surface area contributed by atoms with Crippen molar-refractivity contribution in [3.8, 4) is 0 Å². The summed E-state index contributed by atoms with van der Waals surface area (Å²) < 4.78 is 26.6. The Morgan fingerprint density at radius 2 is 1.75 bits per heavy atom. The summed E-state index contributed by atoms with van der Waals surface area (Å²) in [6.07, 6.45) is 0.473. The third-order valence-electron chi connectivity index (χ3n) is 3.04. The Morgan fingerprint density at radius 1 is 1.25 bits per heavy atom. The minimum atomic E-state index is -0.653. The maximum Gasteiger partial charge on any atom is 0.143 e. The number of rotatable bonds is 4. The van der Waals surface area contributed by atoms with E-state index < -0.39 is 17.0 Å². The molecule has 0 saturated heterocycles. The molecule has 1 aromatic rings. The molecular formula is C13H16F2O. The van der Waals surface area contributed by atoms with Gasteiger partial charge in [0.25, 0.3) is 0 Å². The Kier molecular flexibility index (Phi) is 3.79. The van der Waals surface area contributed by atoms with Crippen LogP contribution in [0, 0.1) is 17.0 Å². The maximum atomic E-state index is 13.3. The van der Waals surface area contributed by atoms with Gasteiger partial charge in [-0.15, -0.1) is 0 Å². The first-order valence-corrected chi connectivity index (χ1v) is 5.34. The Balaban J connectivity index is 2.94. The van der Waals surface area contributed by atoms with E-state index in [0.29, 0.717) is 6.42 Å². The van der Waals surface area contributed by atoms with Crippen LogP contribution in [0.1, 0.15) is 32.8 Å². The summed E-state index contributed by atoms with van der Waals surface area (Å²) in [6, 6.07) is 3.64. The second kappa shape index (κ2) is 4.73. The number of benzene rings is 1. The van der Waals surface area contributed by atoms with Crippen molar-refractivity contribution in [3.05, 3.63) is 35.4 Å². The van der Waals surface area contributed by atoms with Gasteiger partial charge < -0.3 is 0 Å². The summed E-state index contributed by atoms with van der Waals surface area (Å²) in [5.41, 5.74) is -0.664. The van der Waals surface area contributed by atoms with E-state index in [2.05, 4.69) is 0 Å². The fourth-order valence-corrected chi connectivity index (χ4v) is 1.30. The molecule has 0 spiro atoms. The van der Waals surface area contributed by atoms with Crippen molar-refractivity contribution < 1.29 is 13.6 Å². The van der Waals surface area contributed by atoms with Crippen LogP contribution in [0.2, 0.25) is 0 Å². The molecule has 0 amide bonds. The van der Waals surface area contributed by atoms with Crippen LogP contribution >= 0.6 is 0 Å². The second-order valence-electron chi connectivity index (χ2n) is 4.54. The lowest BCUT2D eigenvalue weighted by atomic mass is 9.82. The quantitative estimate of drug-likeness (QED) is 0.767. The van der Waals surface area contributed by atoms with E-state index in [0.717, 1.165) is 0 Å². The average Bonchev–Trinajstić information content (AvgIpc) is 2.23. The molecule has 0 N–H and O–H groups in total. The van der Waals surface area contributed by atoms with Crippen LogP contribution in [0.4, 0.5) is 8.78 Å². The van der Waals surface area contributed by atoms with E-state index in [1.165, 1.54) is 18.2 Å². The lowest BCUT2D eigenvalue weighted by Gasteiger charge is -2.20. The predicted octanol–water partition coefficient (Wildman–Crippen LogP) is 3.51. The second-order valence-corrected chi connectivity index (χ2v) is 4.54. The first-order valence-electron chi connectivity index (χ1n) is 5.34. The predicted molar refractivity (Wildman–Crippen MR) is 59.1 cm³/mol. The van der Waals surface area contributed by atoms with E-state index in [1.54, 1.807) is 13.8 Å². The van der Waals surface area contributed by atoms with Crippen LogP contribution in [0.5, 0.6) is 0 Å². The van der Waals surface area contributed by atoms with E-state index >= 15 is 0 Å². The minimum absolute atomic E-state index is 0.131. The van der Waals surface area contributed by atoms with Crippen molar-refractivity contribution in [1.82, 2.24) is 0 Å². The molecule has 0 fully saturated rings. The van der Waals surface area contributed by atoms with Gasteiger partial charge in [-0.25, -0.2) is 8.78 Å². The molecule has 88 valence electrons. The molecular weight excluding hydrogens is 210 g/mol. The number of ketones is 1. The molecule has 1 aromatic carbocycles. The molecule has 1 nitrogen and oxygen atoms in total. The van der Waals surface area contributed by atoms with Gasteiger partial charge in [-0.1, -0.05) is 26.8 Å². The van der Waals surface area contributed by atoms with E-state index in [4.69, 9.17) is 0 Å². The van der Waals surface area contributed by atoms with Crippen molar-refractivity contribution in [2.45, 2.75) is 33.6 Å². The number of hydrogen-bond donors (Lipinski definition) is 0. The Bertz CT molecular complexity index is 377. The third-order valence-corrected chi connectivity index (χ3v) is 3.04. The topological polar surface area (TPSA) is 17.1 Å². The van der Waals surface area contributed by atoms with Gasteiger partial charge in [0, 0.05) is 17.4 Å². The number of halogens is 2. The highest BCUT2D eigenvalue weighted by molar-refractivity contribution is 5.86. The normalized spacial score (nSPS) is 11.6. The molecule has 1 rings (SSSR count). The number of carbonyl (C=O) groups excluding carboxylic acids is 1. The number of Topliss-reactive ketones (excluding diaryl/α,β-unsaturated/α-hetero) is 1. The van der Waals surface area contributed by atoms with Crippen molar-refractivity contribution in [3.63, 3.8) is 0 Å². The summed E-state index contributed by atoms with van der Waals surface area (Å²) in [6.45, 7) is 5.46. The highest BCUT2D eigenvalue weighted by Crippen LogP contribution is 2.24. The summed E-state index contributed by atoms with van der Waals surface area (Å²) in [4.78, 5) is 11.8. The van der Waals surface area contributed by atoms with Crippen molar-refractivity contribution in [1.29, 1.82) is 0 Å². The Labute approximate surface area is 94.5 Å². The first kappa shape index (κ1) is 12.8. The third kappa shape index (κ3) is 2.65. The molecule has 0 aromatic heterocycles. The highest BCUT2D eigenvalue weighted by Gasteiger charge is 2.26. The van der Waals surface area contributed by atoms with E-state index in [1.807, 2.05) is 6.92 Å². The van der Waals surface area contributed by atoms with Crippen LogP contribution in [0.25, 0.3) is 0 Å². The van der Waals surface area contributed by atoms with E-state index in [-0.39, 0.29) is 17.8 Å². The molecule has 0 atom stereocenters. The fraction of sp³-hybridized carbons (Fsp3) is 0.462. The highest BCUT2D eigenvalue weighted by atomic mass is 19.1. The molecule has 0 saturated carbocycles. The van der Waals surface area contributed by atoms with Gasteiger partial charge in [0.05, 0.1) is 0 Å². The summed E-state index contributed by atoms with van der Waals surface area (Å²) in [7, 11) is 0. The van der Waals surface area contributed by atoms with Crippen molar-refractivity contribution >= 4 is 5.78 Å². The summed E-state index contributed by atoms with van der Waals surface area (Å²) in [5.74, 6) is -1.44. The molecule has 0 heterocycles. The first-order chi connectivity index (χ1) is 7.38. The smallest absolute Gasteiger partial charge is 0.143 e. The fourth-order valence-electron chi connectivity index (χ4n) is 1.30. The zero-order valence-corrected chi connectivity index (χ0v) is 9.81. The Hall–Kier alpha value is -1.25. The van der Waals surface area contributed by atoms with Crippen LogP contribution < -0.4 is 0 Å². The van der Waals surface area contributed by atoms with Crippen LogP contribution in [-0.4, -0.2) is 5.78 Å². The molecule has 0 unspecified atom stereocenters. The van der Waals surface area contributed by atoms with Crippen LogP contribution in [-0.2, 0) is 11.2 Å². The van der Waals surface area contributed by atoms with Gasteiger partial charge >= 0.3 is 0 Å². The minimum Gasteiger partial charge on any atom is -0.299 e. The molecule has 0 bridgehead atoms. The van der Waals surface area contributed by atoms with Gasteiger partial charge in [0.15, 0.2) is 0 Å². The molecule has 0 aliphatic carbocycles. The van der Waals surface area contributed by atoms with E-state index in [9.17, 15) is 13.6 Å². The zero-order chi connectivity index (χ0) is 12.3. The number of carbonyl (C=O) groups is 1.